The third-order valence-electron chi connectivity index (χ3n) is 3.84. The molecule has 0 bridgehead atoms. The van der Waals surface area contributed by atoms with Gasteiger partial charge in [0.05, 0.1) is 12.3 Å². The van der Waals surface area contributed by atoms with E-state index in [4.69, 9.17) is 4.74 Å². The van der Waals surface area contributed by atoms with Gasteiger partial charge >= 0.3 is 0 Å². The van der Waals surface area contributed by atoms with Crippen LogP contribution in [-0.4, -0.2) is 48.1 Å². The fraction of sp³-hybridized carbons (Fsp3) is 0.778. The number of aryl methyl sites for hydroxylation is 2. The molecule has 1 unspecified atom stereocenters. The number of hydrogen-bond acceptors (Lipinski definition) is 3. The summed E-state index contributed by atoms with van der Waals surface area (Å²) in [5.41, 5.74) is 1.27. The van der Waals surface area contributed by atoms with Crippen LogP contribution in [-0.2, 0) is 18.2 Å². The third-order valence-corrected chi connectivity index (χ3v) is 3.84. The van der Waals surface area contributed by atoms with Crippen molar-refractivity contribution in [1.29, 1.82) is 0 Å². The van der Waals surface area contributed by atoms with E-state index in [-0.39, 0.29) is 24.0 Å². The summed E-state index contributed by atoms with van der Waals surface area (Å²) in [5, 5.41) is 10.9. The maximum Gasteiger partial charge on any atom is 0.191 e. The zero-order valence-corrected chi connectivity index (χ0v) is 18.7. The van der Waals surface area contributed by atoms with Gasteiger partial charge in [0.1, 0.15) is 0 Å². The topological polar surface area (TPSA) is 63.5 Å². The Morgan fingerprint density at radius 3 is 2.64 bits per heavy atom. The zero-order valence-electron chi connectivity index (χ0n) is 16.4. The Balaban J connectivity index is 0.00000576. The lowest BCUT2D eigenvalue weighted by molar-refractivity contribution is 0.0258. The van der Waals surface area contributed by atoms with E-state index in [1.165, 1.54) is 5.56 Å². The van der Waals surface area contributed by atoms with Crippen molar-refractivity contribution in [2.45, 2.75) is 53.1 Å². The molecule has 0 fully saturated rings. The molecule has 146 valence electrons. The number of hydrogen-bond donors (Lipinski definition) is 2. The molecule has 1 heterocycles. The Morgan fingerprint density at radius 2 is 2.08 bits per heavy atom. The summed E-state index contributed by atoms with van der Waals surface area (Å²) in [5.74, 6) is 1.42. The molecule has 0 saturated heterocycles. The molecule has 0 aliphatic rings. The van der Waals surface area contributed by atoms with Crippen LogP contribution in [0.1, 0.15) is 46.1 Å². The number of guanidine groups is 1. The summed E-state index contributed by atoms with van der Waals surface area (Å²) < 4.78 is 7.63. The van der Waals surface area contributed by atoms with Crippen LogP contribution in [0.2, 0.25) is 0 Å². The third kappa shape index (κ3) is 10.7. The highest BCUT2D eigenvalue weighted by Crippen LogP contribution is 2.09. The van der Waals surface area contributed by atoms with Crippen LogP contribution >= 0.6 is 24.0 Å². The van der Waals surface area contributed by atoms with Crippen molar-refractivity contribution < 1.29 is 4.74 Å². The van der Waals surface area contributed by atoms with E-state index in [1.54, 1.807) is 0 Å². The second-order valence-electron chi connectivity index (χ2n) is 6.34. The molecule has 0 aliphatic carbocycles. The first-order valence-electron chi connectivity index (χ1n) is 9.18. The molecular weight excluding hydrogens is 429 g/mol. The van der Waals surface area contributed by atoms with Gasteiger partial charge in [-0.2, -0.15) is 5.10 Å². The maximum atomic E-state index is 5.79. The van der Waals surface area contributed by atoms with Gasteiger partial charge in [-0.25, -0.2) is 0 Å². The Bertz CT molecular complexity index is 476. The number of rotatable bonds is 11. The molecule has 1 rings (SSSR count). The van der Waals surface area contributed by atoms with E-state index in [2.05, 4.69) is 54.6 Å². The molecule has 0 radical (unpaired) electrons. The van der Waals surface area contributed by atoms with Crippen LogP contribution < -0.4 is 10.6 Å². The Morgan fingerprint density at radius 1 is 1.32 bits per heavy atom. The fourth-order valence-corrected chi connectivity index (χ4v) is 2.57. The lowest BCUT2D eigenvalue weighted by Gasteiger charge is -2.21. The lowest BCUT2D eigenvalue weighted by Crippen LogP contribution is -2.39. The molecule has 6 nitrogen and oxygen atoms in total. The molecule has 0 amide bonds. The number of ether oxygens (including phenoxy) is 1. The normalized spacial score (nSPS) is 12.8. The van der Waals surface area contributed by atoms with E-state index in [1.807, 2.05) is 17.9 Å². The number of halogens is 1. The first kappa shape index (κ1) is 24.2. The van der Waals surface area contributed by atoms with Crippen LogP contribution in [0.15, 0.2) is 17.4 Å². The van der Waals surface area contributed by atoms with Gasteiger partial charge in [-0.05, 0) is 44.6 Å². The van der Waals surface area contributed by atoms with Crippen molar-refractivity contribution in [2.75, 3.05) is 26.2 Å². The predicted molar refractivity (Wildman–Crippen MR) is 116 cm³/mol. The van der Waals surface area contributed by atoms with Crippen molar-refractivity contribution in [1.82, 2.24) is 20.4 Å². The van der Waals surface area contributed by atoms with Crippen molar-refractivity contribution in [3.8, 4) is 0 Å². The van der Waals surface area contributed by atoms with Crippen LogP contribution in [0.4, 0.5) is 0 Å². The Kier molecular flexibility index (Phi) is 13.9. The van der Waals surface area contributed by atoms with Crippen molar-refractivity contribution >= 4 is 29.9 Å². The van der Waals surface area contributed by atoms with Gasteiger partial charge in [0, 0.05) is 39.5 Å². The highest BCUT2D eigenvalue weighted by Gasteiger charge is 2.12. The smallest absolute Gasteiger partial charge is 0.191 e. The largest absolute Gasteiger partial charge is 0.378 e. The molecule has 0 aliphatic heterocycles. The van der Waals surface area contributed by atoms with E-state index in [9.17, 15) is 0 Å². The van der Waals surface area contributed by atoms with E-state index < -0.39 is 0 Å². The molecule has 0 spiro atoms. The average molecular weight is 465 g/mol. The van der Waals surface area contributed by atoms with Crippen molar-refractivity contribution in [3.05, 3.63) is 18.0 Å². The fourth-order valence-electron chi connectivity index (χ4n) is 2.57. The summed E-state index contributed by atoms with van der Waals surface area (Å²) in [6.45, 7) is 11.9. The molecular formula is C18H36IN5O. The second kappa shape index (κ2) is 14.4. The van der Waals surface area contributed by atoms with Gasteiger partial charge in [-0.15, -0.1) is 24.0 Å². The van der Waals surface area contributed by atoms with E-state index in [0.717, 1.165) is 51.5 Å². The highest BCUT2D eigenvalue weighted by molar-refractivity contribution is 14.0. The number of nitrogens with zero attached hydrogens (tertiary/aromatic N) is 3. The molecule has 0 saturated carbocycles. The minimum absolute atomic E-state index is 0. The first-order chi connectivity index (χ1) is 11.6. The summed E-state index contributed by atoms with van der Waals surface area (Å²) >= 11 is 0. The molecule has 7 heteroatoms. The quantitative estimate of drug-likeness (QED) is 0.228. The first-order valence-corrected chi connectivity index (χ1v) is 9.18. The average Bonchev–Trinajstić information content (AvgIpc) is 2.95. The van der Waals surface area contributed by atoms with Crippen molar-refractivity contribution in [2.24, 2.45) is 18.0 Å². The van der Waals surface area contributed by atoms with Crippen LogP contribution in [0.3, 0.4) is 0 Å². The lowest BCUT2D eigenvalue weighted by atomic mass is 10.0. The maximum absolute atomic E-state index is 5.79. The molecule has 2 N–H and O–H groups in total. The van der Waals surface area contributed by atoms with E-state index in [0.29, 0.717) is 12.0 Å². The van der Waals surface area contributed by atoms with Gasteiger partial charge < -0.3 is 15.4 Å². The number of nitrogens with one attached hydrogen (secondary N) is 2. The molecule has 25 heavy (non-hydrogen) atoms. The summed E-state index contributed by atoms with van der Waals surface area (Å²) in [6.07, 6.45) is 7.31. The number of aliphatic imine (C=N–C) groups is 1. The summed E-state index contributed by atoms with van der Waals surface area (Å²) in [7, 11) is 1.95. The molecule has 1 atom stereocenters. The van der Waals surface area contributed by atoms with Gasteiger partial charge in [0.15, 0.2) is 5.96 Å². The molecule has 1 aromatic rings. The molecule has 1 aromatic heterocycles. The molecule has 0 aromatic carbocycles. The van der Waals surface area contributed by atoms with Crippen LogP contribution in [0, 0.1) is 5.92 Å². The van der Waals surface area contributed by atoms with Gasteiger partial charge in [-0.3, -0.25) is 9.67 Å². The van der Waals surface area contributed by atoms with Crippen LogP contribution in [0.25, 0.3) is 0 Å². The summed E-state index contributed by atoms with van der Waals surface area (Å²) in [4.78, 5) is 4.65. The minimum atomic E-state index is 0. The van der Waals surface area contributed by atoms with E-state index >= 15 is 0 Å². The zero-order chi connectivity index (χ0) is 17.8. The standard InChI is InChI=1S/C18H35N5O.HI/c1-6-19-18(21-12-10-17(15(3)4)24-7-2)20-11-8-9-16-13-22-23(5)14-16;/h13-15,17H,6-12H2,1-5H3,(H2,19,20,21);1H. The van der Waals surface area contributed by atoms with Gasteiger partial charge in [0.2, 0.25) is 0 Å². The predicted octanol–water partition coefficient (Wildman–Crippen LogP) is 2.98. The van der Waals surface area contributed by atoms with Crippen LogP contribution in [0.5, 0.6) is 0 Å². The highest BCUT2D eigenvalue weighted by atomic mass is 127. The monoisotopic (exact) mass is 465 g/mol. The Hall–Kier alpha value is -0.830. The minimum Gasteiger partial charge on any atom is -0.378 e. The van der Waals surface area contributed by atoms with Gasteiger partial charge in [0.25, 0.3) is 0 Å². The van der Waals surface area contributed by atoms with Gasteiger partial charge in [-0.1, -0.05) is 13.8 Å². The summed E-state index contributed by atoms with van der Waals surface area (Å²) in [6, 6.07) is 0. The van der Waals surface area contributed by atoms with Crippen molar-refractivity contribution in [3.63, 3.8) is 0 Å². The Labute approximate surface area is 170 Å². The number of aromatic nitrogens is 2. The second-order valence-corrected chi connectivity index (χ2v) is 6.34. The SMILES string of the molecule is CCNC(=NCCCc1cnn(C)c1)NCCC(OCC)C(C)C.I.